The number of rotatable bonds is 3. The summed E-state index contributed by atoms with van der Waals surface area (Å²) in [4.78, 5) is 13.9. The first-order valence-corrected chi connectivity index (χ1v) is 4.88. The van der Waals surface area contributed by atoms with Crippen LogP contribution in [0.25, 0.3) is 0 Å². The zero-order valence-corrected chi connectivity index (χ0v) is 8.21. The molecule has 3 nitrogen and oxygen atoms in total. The number of aromatic nitrogens is 2. The predicted octanol–water partition coefficient (Wildman–Crippen LogP) is 1.61. The van der Waals surface area contributed by atoms with E-state index in [0.29, 0.717) is 11.3 Å². The van der Waals surface area contributed by atoms with Gasteiger partial charge >= 0.3 is 5.69 Å². The molecule has 0 unspecified atom stereocenters. The van der Waals surface area contributed by atoms with Crippen molar-refractivity contribution in [3.8, 4) is 0 Å². The molecule has 0 bridgehead atoms. The first-order valence-electron chi connectivity index (χ1n) is 4.88. The number of hydrogen-bond acceptors (Lipinski definition) is 1. The van der Waals surface area contributed by atoms with Crippen LogP contribution in [0.1, 0.15) is 26.7 Å². The molecule has 3 heteroatoms. The van der Waals surface area contributed by atoms with Crippen molar-refractivity contribution in [2.75, 3.05) is 0 Å². The fraction of sp³-hybridized carbons (Fsp3) is 0.700. The highest BCUT2D eigenvalue weighted by Gasteiger charge is 2.45. The van der Waals surface area contributed by atoms with Crippen molar-refractivity contribution in [3.05, 3.63) is 22.9 Å². The molecule has 0 amide bonds. The van der Waals surface area contributed by atoms with Crippen molar-refractivity contribution in [1.29, 1.82) is 0 Å². The normalized spacial score (nSPS) is 19.3. The van der Waals surface area contributed by atoms with E-state index in [1.54, 1.807) is 10.8 Å². The van der Waals surface area contributed by atoms with Gasteiger partial charge in [-0.3, -0.25) is 4.57 Å². The second kappa shape index (κ2) is 2.76. The highest BCUT2D eigenvalue weighted by molar-refractivity contribution is 4.96. The quantitative estimate of drug-likeness (QED) is 0.754. The second-order valence-corrected chi connectivity index (χ2v) is 4.41. The summed E-state index contributed by atoms with van der Waals surface area (Å²) in [5.74, 6) is 0.675. The minimum Gasteiger partial charge on any atom is -0.313 e. The summed E-state index contributed by atoms with van der Waals surface area (Å²) in [7, 11) is 0. The molecule has 0 aliphatic heterocycles. The second-order valence-electron chi connectivity index (χ2n) is 4.41. The summed E-state index contributed by atoms with van der Waals surface area (Å²) in [6.07, 6.45) is 6.08. The van der Waals surface area contributed by atoms with Gasteiger partial charge in [-0.05, 0) is 24.2 Å². The van der Waals surface area contributed by atoms with E-state index in [9.17, 15) is 4.79 Å². The lowest BCUT2D eigenvalue weighted by Crippen LogP contribution is -2.24. The Labute approximate surface area is 77.8 Å². The van der Waals surface area contributed by atoms with Crippen LogP contribution in [-0.4, -0.2) is 9.55 Å². The third-order valence-corrected chi connectivity index (χ3v) is 3.32. The molecule has 0 spiro atoms. The van der Waals surface area contributed by atoms with E-state index in [-0.39, 0.29) is 5.69 Å². The fourth-order valence-electron chi connectivity index (χ4n) is 1.89. The van der Waals surface area contributed by atoms with Crippen LogP contribution in [0.3, 0.4) is 0 Å². The molecule has 1 aromatic rings. The largest absolute Gasteiger partial charge is 0.325 e. The van der Waals surface area contributed by atoms with Gasteiger partial charge in [-0.15, -0.1) is 0 Å². The summed E-state index contributed by atoms with van der Waals surface area (Å²) < 4.78 is 1.78. The summed E-state index contributed by atoms with van der Waals surface area (Å²) in [5, 5.41) is 0. The monoisotopic (exact) mass is 180 g/mol. The molecule has 0 radical (unpaired) electrons. The van der Waals surface area contributed by atoms with Gasteiger partial charge in [0.1, 0.15) is 0 Å². The van der Waals surface area contributed by atoms with Gasteiger partial charge in [-0.1, -0.05) is 13.8 Å². The molecule has 0 atom stereocenters. The third-order valence-electron chi connectivity index (χ3n) is 3.32. The summed E-state index contributed by atoms with van der Waals surface area (Å²) in [5.41, 5.74) is 0.429. The lowest BCUT2D eigenvalue weighted by molar-refractivity contribution is 0.305. The molecular weight excluding hydrogens is 164 g/mol. The standard InChI is InChI=1S/C10H16N2O/c1-8(2)10(3-4-10)7-12-6-5-11-9(12)13/h5-6,8H,3-4,7H2,1-2H3,(H,11,13). The number of imidazole rings is 1. The van der Waals surface area contributed by atoms with Crippen LogP contribution in [0.4, 0.5) is 0 Å². The minimum absolute atomic E-state index is 0.0203. The van der Waals surface area contributed by atoms with Crippen LogP contribution in [0.5, 0.6) is 0 Å². The van der Waals surface area contributed by atoms with Crippen LogP contribution >= 0.6 is 0 Å². The Balaban J connectivity index is 2.15. The lowest BCUT2D eigenvalue weighted by atomic mass is 9.92. The molecule has 72 valence electrons. The van der Waals surface area contributed by atoms with Gasteiger partial charge < -0.3 is 4.98 Å². The molecule has 1 aliphatic carbocycles. The van der Waals surface area contributed by atoms with E-state index in [1.807, 2.05) is 6.20 Å². The van der Waals surface area contributed by atoms with E-state index >= 15 is 0 Å². The minimum atomic E-state index is 0.0203. The summed E-state index contributed by atoms with van der Waals surface area (Å²) in [6.45, 7) is 5.36. The van der Waals surface area contributed by atoms with E-state index in [2.05, 4.69) is 18.8 Å². The van der Waals surface area contributed by atoms with Gasteiger partial charge in [-0.2, -0.15) is 0 Å². The molecule has 1 N–H and O–H groups in total. The molecule has 1 saturated carbocycles. The van der Waals surface area contributed by atoms with Gasteiger partial charge in [0.15, 0.2) is 0 Å². The highest BCUT2D eigenvalue weighted by atomic mass is 16.1. The van der Waals surface area contributed by atoms with Crippen molar-refractivity contribution < 1.29 is 0 Å². The maximum atomic E-state index is 11.3. The van der Waals surface area contributed by atoms with Crippen LogP contribution < -0.4 is 5.69 Å². The molecule has 1 aromatic heterocycles. The van der Waals surface area contributed by atoms with Crippen molar-refractivity contribution in [2.24, 2.45) is 11.3 Å². The zero-order chi connectivity index (χ0) is 9.47. The molecule has 13 heavy (non-hydrogen) atoms. The van der Waals surface area contributed by atoms with Gasteiger partial charge in [-0.25, -0.2) is 4.79 Å². The van der Waals surface area contributed by atoms with Gasteiger partial charge in [0, 0.05) is 18.9 Å². The van der Waals surface area contributed by atoms with Crippen LogP contribution in [-0.2, 0) is 6.54 Å². The Morgan fingerprint density at radius 1 is 1.62 bits per heavy atom. The molecule has 2 rings (SSSR count). The van der Waals surface area contributed by atoms with Gasteiger partial charge in [0.05, 0.1) is 0 Å². The highest BCUT2D eigenvalue weighted by Crippen LogP contribution is 2.52. The molecule has 0 aromatic carbocycles. The van der Waals surface area contributed by atoms with E-state index in [0.717, 1.165) is 6.54 Å². The van der Waals surface area contributed by atoms with Gasteiger partial charge in [0.2, 0.25) is 0 Å². The SMILES string of the molecule is CC(C)C1(Cn2cc[nH]c2=O)CC1. The van der Waals surface area contributed by atoms with Gasteiger partial charge in [0.25, 0.3) is 0 Å². The van der Waals surface area contributed by atoms with Crippen LogP contribution in [0, 0.1) is 11.3 Å². The molecule has 1 aliphatic rings. The Morgan fingerprint density at radius 3 is 2.69 bits per heavy atom. The fourth-order valence-corrected chi connectivity index (χ4v) is 1.89. The number of nitrogens with one attached hydrogen (secondary N) is 1. The average molecular weight is 180 g/mol. The number of H-pyrrole nitrogens is 1. The van der Waals surface area contributed by atoms with Crippen LogP contribution in [0.15, 0.2) is 17.2 Å². The van der Waals surface area contributed by atoms with E-state index in [1.165, 1.54) is 12.8 Å². The smallest absolute Gasteiger partial charge is 0.313 e. The van der Waals surface area contributed by atoms with Crippen molar-refractivity contribution in [3.63, 3.8) is 0 Å². The van der Waals surface area contributed by atoms with Crippen molar-refractivity contribution >= 4 is 0 Å². The first kappa shape index (κ1) is 8.60. The molecule has 0 saturated heterocycles. The third kappa shape index (κ3) is 1.43. The summed E-state index contributed by atoms with van der Waals surface area (Å²) >= 11 is 0. The lowest BCUT2D eigenvalue weighted by Gasteiger charge is -2.19. The Bertz CT molecular complexity index is 344. The Hall–Kier alpha value is -0.990. The topological polar surface area (TPSA) is 37.8 Å². The molecule has 1 fully saturated rings. The summed E-state index contributed by atoms with van der Waals surface area (Å²) in [6, 6.07) is 0. The molecular formula is C10H16N2O. The maximum Gasteiger partial charge on any atom is 0.325 e. The van der Waals surface area contributed by atoms with E-state index in [4.69, 9.17) is 0 Å². The van der Waals surface area contributed by atoms with Crippen molar-refractivity contribution in [2.45, 2.75) is 33.2 Å². The predicted molar refractivity (Wildman–Crippen MR) is 51.6 cm³/mol. The number of hydrogen-bond donors (Lipinski definition) is 1. The Kier molecular flexibility index (Phi) is 1.82. The van der Waals surface area contributed by atoms with Crippen LogP contribution in [0.2, 0.25) is 0 Å². The number of aromatic amines is 1. The zero-order valence-electron chi connectivity index (χ0n) is 8.21. The number of nitrogens with zero attached hydrogens (tertiary/aromatic N) is 1. The van der Waals surface area contributed by atoms with E-state index < -0.39 is 0 Å². The molecule has 1 heterocycles. The average Bonchev–Trinajstić information content (AvgIpc) is 2.74. The Morgan fingerprint density at radius 2 is 2.31 bits per heavy atom. The van der Waals surface area contributed by atoms with Crippen molar-refractivity contribution in [1.82, 2.24) is 9.55 Å². The maximum absolute atomic E-state index is 11.3. The first-order chi connectivity index (χ1) is 6.14.